The minimum atomic E-state index is -0.545. The first-order valence-electron chi connectivity index (χ1n) is 3.73. The molecule has 2 heterocycles. The van der Waals surface area contributed by atoms with Crippen molar-refractivity contribution in [1.82, 2.24) is 4.98 Å². The molecule has 0 saturated heterocycles. The predicted molar refractivity (Wildman–Crippen MR) is 57.6 cm³/mol. The molecule has 0 unspecified atom stereocenters. The second kappa shape index (κ2) is 3.11. The van der Waals surface area contributed by atoms with E-state index in [0.29, 0.717) is 25.8 Å². The maximum Gasteiger partial charge on any atom is 0.252 e. The van der Waals surface area contributed by atoms with Gasteiger partial charge in [-0.2, -0.15) is 0 Å². The summed E-state index contributed by atoms with van der Waals surface area (Å²) in [6.07, 6.45) is 1.52. The number of fused-ring (bicyclic) bond motifs is 1. The molecule has 0 bridgehead atoms. The van der Waals surface area contributed by atoms with E-state index in [4.69, 9.17) is 23.1 Å². The first-order chi connectivity index (χ1) is 6.61. The average molecular weight is 228 g/mol. The largest absolute Gasteiger partial charge is 0.390 e. The molecule has 0 atom stereocenters. The van der Waals surface area contributed by atoms with Gasteiger partial charge in [0.2, 0.25) is 0 Å². The molecular weight excluding hydrogens is 222 g/mol. The molecule has 0 aliphatic heterocycles. The molecule has 0 aliphatic rings. The Morgan fingerprint density at radius 2 is 2.29 bits per heavy atom. The van der Waals surface area contributed by atoms with Crippen molar-refractivity contribution >= 4 is 43.9 Å². The van der Waals surface area contributed by atoms with Crippen LogP contribution in [0.25, 0.3) is 10.1 Å². The van der Waals surface area contributed by atoms with E-state index in [9.17, 15) is 4.79 Å². The molecule has 0 fully saturated rings. The number of primary amides is 1. The van der Waals surface area contributed by atoms with Crippen LogP contribution in [0.2, 0.25) is 5.15 Å². The molecule has 2 aromatic heterocycles. The molecule has 72 valence electrons. The predicted octanol–water partition coefficient (Wildman–Crippen LogP) is 1.63. The summed E-state index contributed by atoms with van der Waals surface area (Å²) in [6.45, 7) is 0. The number of carbonyl (C=O) groups is 1. The second-order valence-electron chi connectivity index (χ2n) is 2.68. The Morgan fingerprint density at radius 1 is 1.57 bits per heavy atom. The molecular formula is C8H6ClN3OS. The SMILES string of the molecule is NC(=O)c1c(N)sc2c(Cl)nccc12. The van der Waals surface area contributed by atoms with Crippen LogP contribution in [-0.2, 0) is 0 Å². The standard InChI is InChI=1S/C8H6ClN3OS/c9-6-5-3(1-2-12-6)4(7(10)13)8(11)14-5/h1-2H,11H2,(H2,10,13). The quantitative estimate of drug-likeness (QED) is 0.727. The molecule has 0 saturated carbocycles. The van der Waals surface area contributed by atoms with Crippen LogP contribution in [-0.4, -0.2) is 10.9 Å². The summed E-state index contributed by atoms with van der Waals surface area (Å²) < 4.78 is 0.695. The van der Waals surface area contributed by atoms with E-state index in [0.717, 1.165) is 0 Å². The third-order valence-corrected chi connectivity index (χ3v) is 3.28. The number of pyridine rings is 1. The Morgan fingerprint density at radius 3 is 2.93 bits per heavy atom. The molecule has 14 heavy (non-hydrogen) atoms. The van der Waals surface area contributed by atoms with Crippen LogP contribution in [0.1, 0.15) is 10.4 Å². The van der Waals surface area contributed by atoms with Crippen LogP contribution >= 0.6 is 22.9 Å². The minimum Gasteiger partial charge on any atom is -0.390 e. The zero-order chi connectivity index (χ0) is 10.3. The third kappa shape index (κ3) is 1.21. The van der Waals surface area contributed by atoms with Gasteiger partial charge in [-0.15, -0.1) is 11.3 Å². The van der Waals surface area contributed by atoms with Crippen LogP contribution in [0, 0.1) is 0 Å². The number of amides is 1. The van der Waals surface area contributed by atoms with Crippen molar-refractivity contribution in [3.8, 4) is 0 Å². The van der Waals surface area contributed by atoms with E-state index in [-0.39, 0.29) is 0 Å². The first-order valence-corrected chi connectivity index (χ1v) is 4.93. The van der Waals surface area contributed by atoms with E-state index in [1.165, 1.54) is 17.5 Å². The number of rotatable bonds is 1. The Balaban J connectivity index is 2.90. The average Bonchev–Trinajstić information content (AvgIpc) is 2.42. The number of hydrogen-bond donors (Lipinski definition) is 2. The smallest absolute Gasteiger partial charge is 0.252 e. The van der Waals surface area contributed by atoms with Gasteiger partial charge in [0, 0.05) is 11.6 Å². The number of carbonyl (C=O) groups excluding carboxylic acids is 1. The summed E-state index contributed by atoms with van der Waals surface area (Å²) in [5.41, 5.74) is 11.2. The van der Waals surface area contributed by atoms with Gasteiger partial charge in [0.05, 0.1) is 15.3 Å². The van der Waals surface area contributed by atoms with Gasteiger partial charge in [-0.05, 0) is 6.07 Å². The molecule has 6 heteroatoms. The van der Waals surface area contributed by atoms with Crippen LogP contribution in [0.15, 0.2) is 12.3 Å². The van der Waals surface area contributed by atoms with Gasteiger partial charge < -0.3 is 11.5 Å². The number of nitrogens with zero attached hydrogens (tertiary/aromatic N) is 1. The molecule has 2 rings (SSSR count). The third-order valence-electron chi connectivity index (χ3n) is 1.84. The minimum absolute atomic E-state index is 0.328. The van der Waals surface area contributed by atoms with E-state index >= 15 is 0 Å². The van der Waals surface area contributed by atoms with E-state index in [1.807, 2.05) is 0 Å². The van der Waals surface area contributed by atoms with Gasteiger partial charge in [-0.1, -0.05) is 11.6 Å². The Hall–Kier alpha value is -1.33. The van der Waals surface area contributed by atoms with Crippen LogP contribution in [0.5, 0.6) is 0 Å². The van der Waals surface area contributed by atoms with Crippen molar-refractivity contribution < 1.29 is 4.79 Å². The number of nitrogens with two attached hydrogens (primary N) is 2. The lowest BCUT2D eigenvalue weighted by molar-refractivity contribution is 0.100. The Bertz CT molecular complexity index is 523. The summed E-state index contributed by atoms with van der Waals surface area (Å²) in [5, 5.41) is 1.38. The fourth-order valence-corrected chi connectivity index (χ4v) is 2.49. The maximum atomic E-state index is 11.1. The summed E-state index contributed by atoms with van der Waals surface area (Å²) in [7, 11) is 0. The highest BCUT2D eigenvalue weighted by Gasteiger charge is 2.16. The van der Waals surface area contributed by atoms with Crippen molar-refractivity contribution in [3.05, 3.63) is 23.0 Å². The summed E-state index contributed by atoms with van der Waals surface area (Å²) in [6, 6.07) is 1.67. The topological polar surface area (TPSA) is 82.0 Å². The van der Waals surface area contributed by atoms with Crippen molar-refractivity contribution in [2.45, 2.75) is 0 Å². The normalized spacial score (nSPS) is 10.6. The van der Waals surface area contributed by atoms with Gasteiger partial charge >= 0.3 is 0 Å². The summed E-state index contributed by atoms with van der Waals surface area (Å²) >= 11 is 7.05. The molecule has 0 aromatic carbocycles. The highest BCUT2D eigenvalue weighted by atomic mass is 35.5. The van der Waals surface area contributed by atoms with Crippen LogP contribution in [0.3, 0.4) is 0 Å². The number of hydrogen-bond acceptors (Lipinski definition) is 4. The lowest BCUT2D eigenvalue weighted by atomic mass is 10.2. The molecule has 0 aliphatic carbocycles. The molecule has 2 aromatic rings. The van der Waals surface area contributed by atoms with Crippen LogP contribution < -0.4 is 11.5 Å². The number of anilines is 1. The molecule has 4 nitrogen and oxygen atoms in total. The fraction of sp³-hybridized carbons (Fsp3) is 0. The molecule has 0 spiro atoms. The van der Waals surface area contributed by atoms with Gasteiger partial charge in [0.1, 0.15) is 5.15 Å². The lowest BCUT2D eigenvalue weighted by Crippen LogP contribution is -2.11. The number of nitrogen functional groups attached to an aromatic ring is 1. The maximum absolute atomic E-state index is 11.1. The van der Waals surface area contributed by atoms with Crippen molar-refractivity contribution in [3.63, 3.8) is 0 Å². The van der Waals surface area contributed by atoms with Gasteiger partial charge in [-0.3, -0.25) is 4.79 Å². The highest BCUT2D eigenvalue weighted by molar-refractivity contribution is 7.23. The van der Waals surface area contributed by atoms with Gasteiger partial charge in [0.15, 0.2) is 0 Å². The summed E-state index contributed by atoms with van der Waals surface area (Å²) in [4.78, 5) is 15.0. The van der Waals surface area contributed by atoms with E-state index < -0.39 is 5.91 Å². The van der Waals surface area contributed by atoms with E-state index in [1.54, 1.807) is 6.07 Å². The fourth-order valence-electron chi connectivity index (χ4n) is 1.26. The first kappa shape index (κ1) is 9.23. The van der Waals surface area contributed by atoms with Crippen LogP contribution in [0.4, 0.5) is 5.00 Å². The van der Waals surface area contributed by atoms with Gasteiger partial charge in [0.25, 0.3) is 5.91 Å². The number of halogens is 1. The number of aromatic nitrogens is 1. The van der Waals surface area contributed by atoms with Crippen molar-refractivity contribution in [2.75, 3.05) is 5.73 Å². The van der Waals surface area contributed by atoms with E-state index in [2.05, 4.69) is 4.98 Å². The monoisotopic (exact) mass is 227 g/mol. The summed E-state index contributed by atoms with van der Waals surface area (Å²) in [5.74, 6) is -0.545. The second-order valence-corrected chi connectivity index (χ2v) is 4.09. The lowest BCUT2D eigenvalue weighted by Gasteiger charge is -1.94. The van der Waals surface area contributed by atoms with Crippen molar-refractivity contribution in [2.24, 2.45) is 5.73 Å². The Labute approximate surface area is 88.5 Å². The van der Waals surface area contributed by atoms with Crippen molar-refractivity contribution in [1.29, 1.82) is 0 Å². The zero-order valence-electron chi connectivity index (χ0n) is 6.95. The van der Waals surface area contributed by atoms with Gasteiger partial charge in [-0.25, -0.2) is 4.98 Å². The number of thiophene rings is 1. The molecule has 1 amide bonds. The molecule has 0 radical (unpaired) electrons. The Kier molecular flexibility index (Phi) is 2.05. The highest BCUT2D eigenvalue weighted by Crippen LogP contribution is 2.36. The molecule has 4 N–H and O–H groups in total. The zero-order valence-corrected chi connectivity index (χ0v) is 8.52.